The molecule has 0 unspecified atom stereocenters. The number of unbranched alkanes of at least 4 members (excludes halogenated alkanes) is 9. The summed E-state index contributed by atoms with van der Waals surface area (Å²) in [6.45, 7) is 14.1. The van der Waals surface area contributed by atoms with Crippen molar-refractivity contribution in [2.45, 2.75) is 173 Å². The maximum Gasteiger partial charge on any atom is 0.192 e. The van der Waals surface area contributed by atoms with E-state index in [1.165, 1.54) is 64.2 Å². The number of hydrogen-bond acceptors (Lipinski definition) is 4. The van der Waals surface area contributed by atoms with Gasteiger partial charge < -0.3 is 19.0 Å². The third-order valence-electron chi connectivity index (χ3n) is 8.35. The maximum atomic E-state index is 9.41. The van der Waals surface area contributed by atoms with E-state index in [9.17, 15) is 5.11 Å². The van der Waals surface area contributed by atoms with Crippen molar-refractivity contribution < 1.29 is 19.0 Å². The van der Waals surface area contributed by atoms with Crippen molar-refractivity contribution >= 4 is 8.32 Å². The molecule has 0 saturated carbocycles. The molecule has 0 bridgehead atoms. The Kier molecular flexibility index (Phi) is 12.9. The zero-order valence-corrected chi connectivity index (χ0v) is 23.9. The van der Waals surface area contributed by atoms with Crippen molar-refractivity contribution in [2.75, 3.05) is 6.61 Å². The summed E-state index contributed by atoms with van der Waals surface area (Å²) in [5.74, 6) is 0. The fraction of sp³-hybridized carbons (Fsp3) is 1.00. The minimum Gasteiger partial charge on any atom is -0.411 e. The number of rotatable bonds is 16. The molecule has 5 atom stereocenters. The fourth-order valence-corrected chi connectivity index (χ4v) is 6.47. The predicted molar refractivity (Wildman–Crippen MR) is 141 cm³/mol. The third-order valence-corrected chi connectivity index (χ3v) is 12.9. The molecule has 0 aliphatic carbocycles. The summed E-state index contributed by atoms with van der Waals surface area (Å²) in [5, 5.41) is 9.62. The van der Waals surface area contributed by atoms with E-state index in [2.05, 4.69) is 40.8 Å². The van der Waals surface area contributed by atoms with Gasteiger partial charge in [0.05, 0.1) is 37.1 Å². The van der Waals surface area contributed by atoms with E-state index >= 15 is 0 Å². The van der Waals surface area contributed by atoms with Crippen molar-refractivity contribution in [1.29, 1.82) is 0 Å². The van der Waals surface area contributed by atoms with Crippen LogP contribution in [0.5, 0.6) is 0 Å². The largest absolute Gasteiger partial charge is 0.411 e. The first kappa shape index (κ1) is 29.3. The molecular formula is C28H56O4Si. The molecular weight excluding hydrogens is 428 g/mol. The van der Waals surface area contributed by atoms with Crippen molar-refractivity contribution in [1.82, 2.24) is 0 Å². The van der Waals surface area contributed by atoms with Gasteiger partial charge >= 0.3 is 0 Å². The second-order valence-electron chi connectivity index (χ2n) is 12.2. The van der Waals surface area contributed by atoms with E-state index in [0.717, 1.165) is 32.1 Å². The first-order valence-corrected chi connectivity index (χ1v) is 17.2. The Labute approximate surface area is 206 Å². The molecule has 2 heterocycles. The predicted octanol–water partition coefficient (Wildman–Crippen LogP) is 7.78. The molecule has 0 aromatic carbocycles. The molecule has 196 valence electrons. The number of ether oxygens (including phenoxy) is 2. The summed E-state index contributed by atoms with van der Waals surface area (Å²) in [6.07, 6.45) is 19.6. The molecule has 2 fully saturated rings. The van der Waals surface area contributed by atoms with Gasteiger partial charge in [0.1, 0.15) is 0 Å². The van der Waals surface area contributed by atoms with Crippen molar-refractivity contribution in [3.63, 3.8) is 0 Å². The standard InChI is InChI=1S/C28H56O4Si/c1-7-8-9-10-11-12-13-14-15-16-17-27(32-33(5,6)28(2,3)4)26-21-20-25(31-26)24-19-18-23(22-29)30-24/h23-27,29H,7-22H2,1-6H3/t23-,24+,25+,26+,27+/m0/s1. The van der Waals surface area contributed by atoms with Gasteiger partial charge in [-0.25, -0.2) is 0 Å². The van der Waals surface area contributed by atoms with E-state index in [0.29, 0.717) is 0 Å². The van der Waals surface area contributed by atoms with E-state index in [-0.39, 0.29) is 42.2 Å². The molecule has 5 heteroatoms. The Hall–Kier alpha value is 0.0569. The van der Waals surface area contributed by atoms with Gasteiger partial charge in [0, 0.05) is 0 Å². The van der Waals surface area contributed by atoms with Gasteiger partial charge in [-0.05, 0) is 50.2 Å². The highest BCUT2D eigenvalue weighted by Gasteiger charge is 2.44. The maximum absolute atomic E-state index is 9.41. The van der Waals surface area contributed by atoms with Gasteiger partial charge in [-0.2, -0.15) is 0 Å². The van der Waals surface area contributed by atoms with Crippen LogP contribution in [-0.2, 0) is 13.9 Å². The monoisotopic (exact) mass is 484 g/mol. The number of aliphatic hydroxyl groups is 1. The zero-order valence-electron chi connectivity index (χ0n) is 22.9. The van der Waals surface area contributed by atoms with Gasteiger partial charge in [-0.1, -0.05) is 91.9 Å². The fourth-order valence-electron chi connectivity index (χ4n) is 5.09. The second kappa shape index (κ2) is 14.6. The highest BCUT2D eigenvalue weighted by Crippen LogP contribution is 2.40. The molecule has 0 aromatic heterocycles. The molecule has 2 rings (SSSR count). The van der Waals surface area contributed by atoms with E-state index in [1.807, 2.05) is 0 Å². The molecule has 0 aromatic rings. The Morgan fingerprint density at radius 1 is 0.818 bits per heavy atom. The first-order chi connectivity index (χ1) is 15.7. The first-order valence-electron chi connectivity index (χ1n) is 14.3. The molecule has 2 saturated heterocycles. The van der Waals surface area contributed by atoms with Gasteiger partial charge in [-0.3, -0.25) is 0 Å². The van der Waals surface area contributed by atoms with Gasteiger partial charge in [0.25, 0.3) is 0 Å². The van der Waals surface area contributed by atoms with Crippen LogP contribution >= 0.6 is 0 Å². The molecule has 2 aliphatic heterocycles. The van der Waals surface area contributed by atoms with Gasteiger partial charge in [0.2, 0.25) is 0 Å². The SMILES string of the molecule is CCCCCCCCCCCC[C@@H](O[Si](C)(C)C(C)(C)C)[C@H]1CC[C@H]([C@H]2CC[C@@H](CO)O2)O1. The van der Waals surface area contributed by atoms with Crippen molar-refractivity contribution in [3.05, 3.63) is 0 Å². The van der Waals surface area contributed by atoms with Crippen LogP contribution in [0.2, 0.25) is 18.1 Å². The lowest BCUT2D eigenvalue weighted by atomic mass is 10.0. The van der Waals surface area contributed by atoms with Crippen LogP contribution in [0.4, 0.5) is 0 Å². The van der Waals surface area contributed by atoms with Crippen LogP contribution in [0.3, 0.4) is 0 Å². The van der Waals surface area contributed by atoms with Crippen LogP contribution in [0.25, 0.3) is 0 Å². The van der Waals surface area contributed by atoms with Crippen LogP contribution < -0.4 is 0 Å². The highest BCUT2D eigenvalue weighted by atomic mass is 28.4. The van der Waals surface area contributed by atoms with Crippen LogP contribution in [0.15, 0.2) is 0 Å². The molecule has 1 N–H and O–H groups in total. The second-order valence-corrected chi connectivity index (χ2v) is 17.0. The van der Waals surface area contributed by atoms with Crippen LogP contribution in [0, 0.1) is 0 Å². The summed E-state index contributed by atoms with van der Waals surface area (Å²) < 4.78 is 19.6. The average molecular weight is 485 g/mol. The smallest absolute Gasteiger partial charge is 0.192 e. The molecule has 0 amide bonds. The van der Waals surface area contributed by atoms with Gasteiger partial charge in [-0.15, -0.1) is 0 Å². The Morgan fingerprint density at radius 2 is 1.36 bits per heavy atom. The van der Waals surface area contributed by atoms with E-state index in [4.69, 9.17) is 13.9 Å². The summed E-state index contributed by atoms with van der Waals surface area (Å²) in [5.41, 5.74) is 0. The summed E-state index contributed by atoms with van der Waals surface area (Å²) >= 11 is 0. The normalized spacial score (nSPS) is 27.4. The number of aliphatic hydroxyl groups excluding tert-OH is 1. The van der Waals surface area contributed by atoms with E-state index < -0.39 is 8.32 Å². The molecule has 33 heavy (non-hydrogen) atoms. The summed E-state index contributed by atoms with van der Waals surface area (Å²) in [4.78, 5) is 0. The lowest BCUT2D eigenvalue weighted by Crippen LogP contribution is -2.47. The van der Waals surface area contributed by atoms with Crippen LogP contribution in [-0.4, -0.2) is 50.6 Å². The van der Waals surface area contributed by atoms with Crippen molar-refractivity contribution in [3.8, 4) is 0 Å². The quantitative estimate of drug-likeness (QED) is 0.179. The Bertz CT molecular complexity index is 519. The minimum absolute atomic E-state index is 0.00331. The van der Waals surface area contributed by atoms with E-state index in [1.54, 1.807) is 0 Å². The van der Waals surface area contributed by atoms with Crippen molar-refractivity contribution in [2.24, 2.45) is 0 Å². The van der Waals surface area contributed by atoms with Gasteiger partial charge in [0.15, 0.2) is 8.32 Å². The summed E-state index contributed by atoms with van der Waals surface area (Å²) in [6, 6.07) is 0. The highest BCUT2D eigenvalue weighted by molar-refractivity contribution is 6.74. The molecule has 0 radical (unpaired) electrons. The topological polar surface area (TPSA) is 47.9 Å². The number of hydrogen-bond donors (Lipinski definition) is 1. The minimum atomic E-state index is -1.85. The zero-order chi connectivity index (χ0) is 24.3. The molecule has 4 nitrogen and oxygen atoms in total. The Morgan fingerprint density at radius 3 is 1.91 bits per heavy atom. The third kappa shape index (κ3) is 9.91. The molecule has 2 aliphatic rings. The average Bonchev–Trinajstić information content (AvgIpc) is 3.42. The summed E-state index contributed by atoms with van der Waals surface area (Å²) in [7, 11) is -1.85. The molecule has 0 spiro atoms. The Balaban J connectivity index is 1.79. The van der Waals surface area contributed by atoms with Crippen LogP contribution in [0.1, 0.15) is 124 Å². The lowest BCUT2D eigenvalue weighted by Gasteiger charge is -2.41. The lowest BCUT2D eigenvalue weighted by molar-refractivity contribution is -0.0958.